The summed E-state index contributed by atoms with van der Waals surface area (Å²) in [5, 5.41) is 11.1. The van der Waals surface area contributed by atoms with E-state index in [0.29, 0.717) is 24.3 Å². The van der Waals surface area contributed by atoms with Gasteiger partial charge in [0.15, 0.2) is 0 Å². The van der Waals surface area contributed by atoms with Crippen molar-refractivity contribution in [3.8, 4) is 0 Å². The van der Waals surface area contributed by atoms with Crippen LogP contribution in [-0.2, 0) is 17.9 Å². The molecule has 0 aromatic heterocycles. The van der Waals surface area contributed by atoms with Gasteiger partial charge in [-0.05, 0) is 49.2 Å². The van der Waals surface area contributed by atoms with Gasteiger partial charge in [-0.15, -0.1) is 0 Å². The van der Waals surface area contributed by atoms with Crippen LogP contribution in [-0.4, -0.2) is 23.9 Å². The van der Waals surface area contributed by atoms with Crippen LogP contribution in [0.25, 0.3) is 0 Å². The minimum Gasteiger partial charge on any atom is -0.348 e. The minimum atomic E-state index is -0.221. The van der Waals surface area contributed by atoms with Gasteiger partial charge in [0.2, 0.25) is 5.91 Å². The van der Waals surface area contributed by atoms with Crippen LogP contribution in [0.5, 0.6) is 0 Å². The largest absolute Gasteiger partial charge is 0.348 e. The van der Waals surface area contributed by atoms with E-state index in [9.17, 15) is 14.4 Å². The van der Waals surface area contributed by atoms with Gasteiger partial charge in [0.1, 0.15) is 0 Å². The van der Waals surface area contributed by atoms with E-state index in [-0.39, 0.29) is 23.9 Å². The van der Waals surface area contributed by atoms with Crippen molar-refractivity contribution < 1.29 is 14.4 Å². The number of anilines is 1. The Kier molecular flexibility index (Phi) is 7.56. The van der Waals surface area contributed by atoms with Crippen molar-refractivity contribution in [3.05, 3.63) is 65.2 Å². The first-order chi connectivity index (χ1) is 13.3. The molecule has 0 heterocycles. The molecule has 0 radical (unpaired) electrons. The fourth-order valence-electron chi connectivity index (χ4n) is 2.46. The van der Waals surface area contributed by atoms with Crippen LogP contribution >= 0.6 is 0 Å². The molecule has 0 saturated carbocycles. The van der Waals surface area contributed by atoms with E-state index in [0.717, 1.165) is 11.1 Å². The maximum absolute atomic E-state index is 12.3. The lowest BCUT2D eigenvalue weighted by molar-refractivity contribution is -0.114. The first-order valence-corrected chi connectivity index (χ1v) is 9.11. The zero-order valence-electron chi connectivity index (χ0n) is 16.3. The standard InChI is InChI=1S/C21H26N4O3/c1-14(2)24-21(28)23-13-16-4-8-18(9-5-16)20(27)22-12-17-6-10-19(11-7-17)25-15(3)26/h4-11,14H,12-13H2,1-3H3,(H,22,27)(H,25,26)(H2,23,24,28). The molecule has 2 aromatic rings. The second kappa shape index (κ2) is 10.1. The fourth-order valence-corrected chi connectivity index (χ4v) is 2.46. The predicted molar refractivity (Wildman–Crippen MR) is 109 cm³/mol. The van der Waals surface area contributed by atoms with Crippen molar-refractivity contribution in [2.24, 2.45) is 0 Å². The molecule has 0 unspecified atom stereocenters. The predicted octanol–water partition coefficient (Wildman–Crippen LogP) is 2.78. The number of urea groups is 1. The Hall–Kier alpha value is -3.35. The first-order valence-electron chi connectivity index (χ1n) is 9.11. The number of hydrogen-bond acceptors (Lipinski definition) is 3. The van der Waals surface area contributed by atoms with Crippen molar-refractivity contribution >= 4 is 23.5 Å². The number of carbonyl (C=O) groups is 3. The molecule has 28 heavy (non-hydrogen) atoms. The second-order valence-electron chi connectivity index (χ2n) is 6.74. The average molecular weight is 382 g/mol. The van der Waals surface area contributed by atoms with E-state index in [1.807, 2.05) is 38.1 Å². The minimum absolute atomic E-state index is 0.0766. The molecule has 2 aromatic carbocycles. The Bertz CT molecular complexity index is 815. The molecule has 0 bridgehead atoms. The third kappa shape index (κ3) is 7.11. The molecule has 148 valence electrons. The number of rotatable bonds is 7. The lowest BCUT2D eigenvalue weighted by atomic mass is 10.1. The molecular weight excluding hydrogens is 356 g/mol. The Morgan fingerprint density at radius 3 is 1.89 bits per heavy atom. The van der Waals surface area contributed by atoms with Gasteiger partial charge in [0, 0.05) is 37.3 Å². The number of carbonyl (C=O) groups excluding carboxylic acids is 3. The van der Waals surface area contributed by atoms with Gasteiger partial charge >= 0.3 is 6.03 Å². The smallest absolute Gasteiger partial charge is 0.315 e. The Balaban J connectivity index is 1.82. The fraction of sp³-hybridized carbons (Fsp3) is 0.286. The molecule has 0 spiro atoms. The van der Waals surface area contributed by atoms with E-state index >= 15 is 0 Å². The molecule has 0 atom stereocenters. The topological polar surface area (TPSA) is 99.3 Å². The average Bonchev–Trinajstić information content (AvgIpc) is 2.65. The highest BCUT2D eigenvalue weighted by atomic mass is 16.2. The number of nitrogens with one attached hydrogen (secondary N) is 4. The van der Waals surface area contributed by atoms with Gasteiger partial charge in [0.05, 0.1) is 0 Å². The van der Waals surface area contributed by atoms with Crippen LogP contribution in [0.15, 0.2) is 48.5 Å². The molecule has 2 rings (SSSR count). The molecule has 7 heteroatoms. The summed E-state index contributed by atoms with van der Waals surface area (Å²) in [5.74, 6) is -0.303. The summed E-state index contributed by atoms with van der Waals surface area (Å²) in [6.45, 7) is 6.02. The highest BCUT2D eigenvalue weighted by Crippen LogP contribution is 2.10. The summed E-state index contributed by atoms with van der Waals surface area (Å²) in [4.78, 5) is 34.9. The lowest BCUT2D eigenvalue weighted by Crippen LogP contribution is -2.39. The summed E-state index contributed by atoms with van der Waals surface area (Å²) in [7, 11) is 0. The second-order valence-corrected chi connectivity index (χ2v) is 6.74. The van der Waals surface area contributed by atoms with Gasteiger partial charge in [-0.3, -0.25) is 9.59 Å². The lowest BCUT2D eigenvalue weighted by Gasteiger charge is -2.10. The number of amides is 4. The molecule has 4 amide bonds. The SMILES string of the molecule is CC(=O)Nc1ccc(CNC(=O)c2ccc(CNC(=O)NC(C)C)cc2)cc1. The monoisotopic (exact) mass is 382 g/mol. The zero-order valence-corrected chi connectivity index (χ0v) is 16.3. The van der Waals surface area contributed by atoms with E-state index in [4.69, 9.17) is 0 Å². The first kappa shape index (κ1) is 21.0. The van der Waals surface area contributed by atoms with E-state index in [1.54, 1.807) is 24.3 Å². The van der Waals surface area contributed by atoms with Crippen molar-refractivity contribution in [3.63, 3.8) is 0 Å². The van der Waals surface area contributed by atoms with E-state index < -0.39 is 0 Å². The van der Waals surface area contributed by atoms with Crippen LogP contribution in [0.4, 0.5) is 10.5 Å². The highest BCUT2D eigenvalue weighted by molar-refractivity contribution is 5.94. The third-order valence-electron chi connectivity index (χ3n) is 3.82. The van der Waals surface area contributed by atoms with Crippen LogP contribution < -0.4 is 21.3 Å². The molecule has 0 aliphatic carbocycles. The maximum atomic E-state index is 12.3. The molecule has 0 aliphatic rings. The summed E-state index contributed by atoms with van der Waals surface area (Å²) in [6.07, 6.45) is 0. The Morgan fingerprint density at radius 1 is 0.821 bits per heavy atom. The molecule has 0 aliphatic heterocycles. The van der Waals surface area contributed by atoms with Gasteiger partial charge in [-0.2, -0.15) is 0 Å². The van der Waals surface area contributed by atoms with Gasteiger partial charge in [-0.25, -0.2) is 4.79 Å². The third-order valence-corrected chi connectivity index (χ3v) is 3.82. The maximum Gasteiger partial charge on any atom is 0.315 e. The van der Waals surface area contributed by atoms with Crippen molar-refractivity contribution in [1.82, 2.24) is 16.0 Å². The van der Waals surface area contributed by atoms with Gasteiger partial charge in [-0.1, -0.05) is 24.3 Å². The molecule has 0 saturated heterocycles. The molecule has 4 N–H and O–H groups in total. The van der Waals surface area contributed by atoms with Crippen LogP contribution in [0.3, 0.4) is 0 Å². The number of hydrogen-bond donors (Lipinski definition) is 4. The van der Waals surface area contributed by atoms with Gasteiger partial charge in [0.25, 0.3) is 5.91 Å². The van der Waals surface area contributed by atoms with E-state index in [2.05, 4.69) is 21.3 Å². The van der Waals surface area contributed by atoms with Gasteiger partial charge < -0.3 is 21.3 Å². The van der Waals surface area contributed by atoms with Crippen molar-refractivity contribution in [1.29, 1.82) is 0 Å². The normalized spacial score (nSPS) is 10.3. The van der Waals surface area contributed by atoms with E-state index in [1.165, 1.54) is 6.92 Å². The summed E-state index contributed by atoms with van der Waals surface area (Å²) >= 11 is 0. The highest BCUT2D eigenvalue weighted by Gasteiger charge is 2.07. The van der Waals surface area contributed by atoms with Crippen molar-refractivity contribution in [2.75, 3.05) is 5.32 Å². The molecular formula is C21H26N4O3. The summed E-state index contributed by atoms with van der Waals surface area (Å²) in [5.41, 5.74) is 3.10. The van der Waals surface area contributed by atoms with Crippen molar-refractivity contribution in [2.45, 2.75) is 39.9 Å². The Labute approximate surface area is 164 Å². The number of benzene rings is 2. The van der Waals surface area contributed by atoms with Crippen LogP contribution in [0, 0.1) is 0 Å². The summed E-state index contributed by atoms with van der Waals surface area (Å²) < 4.78 is 0. The Morgan fingerprint density at radius 2 is 1.36 bits per heavy atom. The molecule has 7 nitrogen and oxygen atoms in total. The quantitative estimate of drug-likeness (QED) is 0.592. The summed E-state index contributed by atoms with van der Waals surface area (Å²) in [6, 6.07) is 14.2. The molecule has 0 fully saturated rings. The van der Waals surface area contributed by atoms with Crippen LogP contribution in [0.1, 0.15) is 42.3 Å². The van der Waals surface area contributed by atoms with Crippen LogP contribution in [0.2, 0.25) is 0 Å². The zero-order chi connectivity index (χ0) is 20.5.